The molecule has 1 unspecified atom stereocenters. The highest BCUT2D eigenvalue weighted by Gasteiger charge is 2.29. The van der Waals surface area contributed by atoms with Gasteiger partial charge in [-0.3, -0.25) is 9.69 Å². The van der Waals surface area contributed by atoms with E-state index in [2.05, 4.69) is 13.8 Å². The van der Waals surface area contributed by atoms with Gasteiger partial charge in [-0.1, -0.05) is 26.0 Å². The number of nitrogens with zero attached hydrogens (tertiary/aromatic N) is 2. The Labute approximate surface area is 170 Å². The Morgan fingerprint density at radius 2 is 2.03 bits per heavy atom. The maximum Gasteiger partial charge on any atom is 0.236 e. The Balaban J connectivity index is 1.69. The first kappa shape index (κ1) is 21.5. The third-order valence-electron chi connectivity index (χ3n) is 4.81. The van der Waals surface area contributed by atoms with Crippen molar-refractivity contribution in [2.24, 2.45) is 5.92 Å². The van der Waals surface area contributed by atoms with Crippen LogP contribution in [0.4, 0.5) is 4.39 Å². The highest BCUT2D eigenvalue weighted by molar-refractivity contribution is 5.78. The maximum absolute atomic E-state index is 13.4. The van der Waals surface area contributed by atoms with E-state index < -0.39 is 0 Å². The molecule has 0 spiro atoms. The van der Waals surface area contributed by atoms with Crippen molar-refractivity contribution in [2.45, 2.75) is 39.7 Å². The van der Waals surface area contributed by atoms with Crippen LogP contribution in [0.5, 0.6) is 0 Å². The lowest BCUT2D eigenvalue weighted by Crippen LogP contribution is -2.40. The zero-order valence-electron chi connectivity index (χ0n) is 17.0. The lowest BCUT2D eigenvalue weighted by Gasteiger charge is -2.26. The average Bonchev–Trinajstić information content (AvgIpc) is 3.06. The Morgan fingerprint density at radius 1 is 1.24 bits per heavy atom. The lowest BCUT2D eigenvalue weighted by atomic mass is 10.2. The Hall–Kier alpha value is -2.22. The third-order valence-corrected chi connectivity index (χ3v) is 4.81. The second kappa shape index (κ2) is 10.0. The molecule has 1 saturated heterocycles. The molecule has 2 aromatic rings. The van der Waals surface area contributed by atoms with E-state index in [1.165, 1.54) is 12.1 Å². The number of benzene rings is 1. The first-order chi connectivity index (χ1) is 13.9. The molecule has 7 heteroatoms. The van der Waals surface area contributed by atoms with Gasteiger partial charge in [0.15, 0.2) is 0 Å². The van der Waals surface area contributed by atoms with Crippen LogP contribution in [0.2, 0.25) is 0 Å². The van der Waals surface area contributed by atoms with Crippen molar-refractivity contribution in [3.63, 3.8) is 0 Å². The molecule has 1 aromatic heterocycles. The normalized spacial score (nSPS) is 18.4. The summed E-state index contributed by atoms with van der Waals surface area (Å²) in [7, 11) is 0. The molecule has 0 saturated carbocycles. The predicted molar refractivity (Wildman–Crippen MR) is 106 cm³/mol. The van der Waals surface area contributed by atoms with Crippen LogP contribution in [0.25, 0.3) is 0 Å². The summed E-state index contributed by atoms with van der Waals surface area (Å²) >= 11 is 0. The van der Waals surface area contributed by atoms with Crippen molar-refractivity contribution in [3.8, 4) is 0 Å². The van der Waals surface area contributed by atoms with Gasteiger partial charge >= 0.3 is 0 Å². The predicted octanol–water partition coefficient (Wildman–Crippen LogP) is 2.80. The first-order valence-electron chi connectivity index (χ1n) is 9.97. The standard InChI is InChI=1S/C22H29FN2O4/c1-16(2)9-25-12-21(28-15-17-4-3-5-18(23)8-17)11-24(13-22(25)27)10-19-6-7-20(14-26)29-19/h3-8,16,21,26H,9-15H2,1-2H3. The van der Waals surface area contributed by atoms with Crippen LogP contribution in [0.1, 0.15) is 30.9 Å². The molecule has 29 heavy (non-hydrogen) atoms. The Morgan fingerprint density at radius 3 is 2.72 bits per heavy atom. The van der Waals surface area contributed by atoms with Gasteiger partial charge in [-0.05, 0) is 35.7 Å². The topological polar surface area (TPSA) is 66.2 Å². The quantitative estimate of drug-likeness (QED) is 0.733. The summed E-state index contributed by atoms with van der Waals surface area (Å²) in [6, 6.07) is 9.91. The molecule has 1 amide bonds. The van der Waals surface area contributed by atoms with Crippen LogP contribution >= 0.6 is 0 Å². The summed E-state index contributed by atoms with van der Waals surface area (Å²) in [5.41, 5.74) is 0.765. The van der Waals surface area contributed by atoms with Crippen LogP contribution < -0.4 is 0 Å². The minimum atomic E-state index is -0.289. The van der Waals surface area contributed by atoms with Gasteiger partial charge in [0.25, 0.3) is 0 Å². The number of amides is 1. The highest BCUT2D eigenvalue weighted by atomic mass is 19.1. The average molecular weight is 404 g/mol. The number of hydrogen-bond acceptors (Lipinski definition) is 5. The molecule has 1 N–H and O–H groups in total. The molecule has 1 atom stereocenters. The largest absolute Gasteiger partial charge is 0.462 e. The van der Waals surface area contributed by atoms with Gasteiger partial charge in [0.2, 0.25) is 5.91 Å². The first-order valence-corrected chi connectivity index (χ1v) is 9.97. The van der Waals surface area contributed by atoms with E-state index in [1.54, 1.807) is 12.1 Å². The summed E-state index contributed by atoms with van der Waals surface area (Å²) in [6.45, 7) is 6.77. The van der Waals surface area contributed by atoms with Crippen LogP contribution in [0, 0.1) is 11.7 Å². The van der Waals surface area contributed by atoms with E-state index in [9.17, 15) is 14.3 Å². The number of halogens is 1. The SMILES string of the molecule is CC(C)CN1CC(OCc2cccc(F)c2)CN(Cc2ccc(CO)o2)CC1=O. The number of furan rings is 1. The van der Waals surface area contributed by atoms with Gasteiger partial charge < -0.3 is 19.2 Å². The third kappa shape index (κ3) is 6.39. The summed E-state index contributed by atoms with van der Waals surface area (Å²) in [4.78, 5) is 16.6. The number of aliphatic hydroxyl groups is 1. The molecule has 1 aliphatic rings. The second-order valence-corrected chi connectivity index (χ2v) is 7.95. The monoisotopic (exact) mass is 404 g/mol. The van der Waals surface area contributed by atoms with E-state index in [0.29, 0.717) is 43.6 Å². The molecular formula is C22H29FN2O4. The van der Waals surface area contributed by atoms with Crippen LogP contribution in [-0.4, -0.2) is 53.1 Å². The molecule has 1 fully saturated rings. The molecule has 0 aliphatic carbocycles. The van der Waals surface area contributed by atoms with E-state index in [1.807, 2.05) is 21.9 Å². The molecule has 6 nitrogen and oxygen atoms in total. The minimum absolute atomic E-state index is 0.0597. The number of ether oxygens (including phenoxy) is 1. The molecule has 0 radical (unpaired) electrons. The highest BCUT2D eigenvalue weighted by Crippen LogP contribution is 2.17. The Bertz CT molecular complexity index is 808. The fraction of sp³-hybridized carbons (Fsp3) is 0.500. The van der Waals surface area contributed by atoms with Gasteiger partial charge in [-0.25, -0.2) is 4.39 Å². The summed E-state index contributed by atoms with van der Waals surface area (Å²) in [6.07, 6.45) is -0.198. The maximum atomic E-state index is 13.4. The van der Waals surface area contributed by atoms with Crippen molar-refractivity contribution in [3.05, 3.63) is 59.3 Å². The van der Waals surface area contributed by atoms with Gasteiger partial charge in [0.1, 0.15) is 23.9 Å². The number of carbonyl (C=O) groups excluding carboxylic acids is 1. The van der Waals surface area contributed by atoms with Crippen molar-refractivity contribution in [1.82, 2.24) is 9.80 Å². The van der Waals surface area contributed by atoms with Crippen molar-refractivity contribution in [1.29, 1.82) is 0 Å². The molecule has 1 aliphatic heterocycles. The smallest absolute Gasteiger partial charge is 0.236 e. The van der Waals surface area contributed by atoms with Gasteiger partial charge in [-0.15, -0.1) is 0 Å². The fourth-order valence-electron chi connectivity index (χ4n) is 3.55. The van der Waals surface area contributed by atoms with Gasteiger partial charge in [-0.2, -0.15) is 0 Å². The van der Waals surface area contributed by atoms with Crippen LogP contribution in [0.15, 0.2) is 40.8 Å². The van der Waals surface area contributed by atoms with Gasteiger partial charge in [0, 0.05) is 19.6 Å². The van der Waals surface area contributed by atoms with Crippen molar-refractivity contribution in [2.75, 3.05) is 26.2 Å². The number of carbonyl (C=O) groups is 1. The van der Waals surface area contributed by atoms with Gasteiger partial charge in [0.05, 0.1) is 25.8 Å². The number of hydrogen-bond donors (Lipinski definition) is 1. The zero-order chi connectivity index (χ0) is 20.8. The summed E-state index contributed by atoms with van der Waals surface area (Å²) < 4.78 is 25.1. The summed E-state index contributed by atoms with van der Waals surface area (Å²) in [5, 5.41) is 9.19. The molecule has 1 aromatic carbocycles. The summed E-state index contributed by atoms with van der Waals surface area (Å²) in [5.74, 6) is 1.32. The number of rotatable bonds is 8. The number of aliphatic hydroxyl groups excluding tert-OH is 1. The molecular weight excluding hydrogens is 375 g/mol. The molecule has 0 bridgehead atoms. The van der Waals surface area contributed by atoms with E-state index in [-0.39, 0.29) is 37.6 Å². The van der Waals surface area contributed by atoms with E-state index in [4.69, 9.17) is 9.15 Å². The van der Waals surface area contributed by atoms with Crippen molar-refractivity contribution < 1.29 is 23.4 Å². The fourth-order valence-corrected chi connectivity index (χ4v) is 3.55. The second-order valence-electron chi connectivity index (χ2n) is 7.95. The minimum Gasteiger partial charge on any atom is -0.462 e. The molecule has 158 valence electrons. The van der Waals surface area contributed by atoms with E-state index in [0.717, 1.165) is 5.56 Å². The van der Waals surface area contributed by atoms with Crippen LogP contribution in [-0.2, 0) is 29.3 Å². The van der Waals surface area contributed by atoms with Crippen molar-refractivity contribution >= 4 is 5.91 Å². The van der Waals surface area contributed by atoms with Crippen LogP contribution in [0.3, 0.4) is 0 Å². The molecule has 3 rings (SSSR count). The zero-order valence-corrected chi connectivity index (χ0v) is 17.0. The molecule has 2 heterocycles. The lowest BCUT2D eigenvalue weighted by molar-refractivity contribution is -0.132. The Kier molecular flexibility index (Phi) is 7.41. The van der Waals surface area contributed by atoms with E-state index >= 15 is 0 Å².